The molecule has 15 heteroatoms. The zero-order valence-electron chi connectivity index (χ0n) is 14.7. The predicted octanol–water partition coefficient (Wildman–Crippen LogP) is 8.31. The summed E-state index contributed by atoms with van der Waals surface area (Å²) in [6.07, 6.45) is -9.95. The molecule has 1 unspecified atom stereocenters. The molecule has 0 aliphatic carbocycles. The van der Waals surface area contributed by atoms with Crippen LogP contribution in [0.2, 0.25) is 0 Å². The van der Waals surface area contributed by atoms with E-state index in [1.54, 1.807) is 12.1 Å². The number of aryl methyl sites for hydroxylation is 1. The fraction of sp³-hybridized carbons (Fsp3) is 0.625. The second-order valence-corrected chi connectivity index (χ2v) is 9.14. The van der Waals surface area contributed by atoms with Gasteiger partial charge in [-0.25, -0.2) is 0 Å². The van der Waals surface area contributed by atoms with E-state index < -0.39 is 46.1 Å². The second-order valence-electron chi connectivity index (χ2n) is 6.47. The van der Waals surface area contributed by atoms with E-state index in [2.05, 4.69) is 15.9 Å². The Kier molecular flexibility index (Phi) is 8.33. The topological polar surface area (TPSA) is 0 Å². The summed E-state index contributed by atoms with van der Waals surface area (Å²) < 4.78 is 169. The Morgan fingerprint density at radius 1 is 0.677 bits per heavy atom. The Morgan fingerprint density at radius 2 is 1.10 bits per heavy atom. The highest BCUT2D eigenvalue weighted by Crippen LogP contribution is 2.61. The largest absolute Gasteiger partial charge is 0.460 e. The fourth-order valence-corrected chi connectivity index (χ4v) is 3.41. The van der Waals surface area contributed by atoms with Gasteiger partial charge < -0.3 is 0 Å². The monoisotopic (exact) mass is 656 g/mol. The predicted molar refractivity (Wildman–Crippen MR) is 95.7 cm³/mol. The first-order valence-electron chi connectivity index (χ1n) is 7.96. The molecule has 0 fully saturated rings. The Hall–Kier alpha value is -0.480. The van der Waals surface area contributed by atoms with Gasteiger partial charge >= 0.3 is 35.8 Å². The summed E-state index contributed by atoms with van der Waals surface area (Å²) in [7, 11) is 0. The standard InChI is InChI=1S/C16H11BrF13I/c17-9-4-1-8(2-5-9)3-6-10(31)7-11(18,19)12(20,21)13(22,23)14(24,25)15(26,27)16(28,29)30/h1-2,4-5,10H,3,6-7H2. The van der Waals surface area contributed by atoms with Crippen LogP contribution in [-0.2, 0) is 6.42 Å². The molecule has 0 saturated carbocycles. The average molecular weight is 657 g/mol. The van der Waals surface area contributed by atoms with Crippen LogP contribution in [0.5, 0.6) is 0 Å². The van der Waals surface area contributed by atoms with Gasteiger partial charge in [-0.05, 0) is 30.5 Å². The second kappa shape index (κ2) is 9.05. The van der Waals surface area contributed by atoms with E-state index in [4.69, 9.17) is 0 Å². The van der Waals surface area contributed by atoms with Gasteiger partial charge in [-0.1, -0.05) is 50.7 Å². The molecule has 0 radical (unpaired) electrons. The fourth-order valence-electron chi connectivity index (χ4n) is 2.28. The summed E-state index contributed by atoms with van der Waals surface area (Å²) in [6.45, 7) is 0. The van der Waals surface area contributed by atoms with E-state index in [1.165, 1.54) is 12.1 Å². The van der Waals surface area contributed by atoms with Crippen molar-refractivity contribution in [3.05, 3.63) is 34.3 Å². The van der Waals surface area contributed by atoms with Gasteiger partial charge in [0.15, 0.2) is 0 Å². The number of alkyl halides is 14. The molecule has 1 aromatic carbocycles. The molecule has 0 heterocycles. The van der Waals surface area contributed by atoms with Crippen molar-refractivity contribution >= 4 is 38.5 Å². The third-order valence-electron chi connectivity index (χ3n) is 4.14. The Labute approximate surface area is 188 Å². The Morgan fingerprint density at radius 3 is 1.52 bits per heavy atom. The van der Waals surface area contributed by atoms with E-state index in [9.17, 15) is 57.1 Å². The third kappa shape index (κ3) is 5.37. The minimum atomic E-state index is -7.86. The molecule has 31 heavy (non-hydrogen) atoms. The SMILES string of the molecule is FC(F)(F)C(F)(F)C(F)(F)C(F)(F)C(F)(F)C(F)(F)CC(I)CCc1ccc(Br)cc1. The lowest BCUT2D eigenvalue weighted by Gasteiger charge is -2.40. The normalized spacial score (nSPS) is 15.8. The lowest BCUT2D eigenvalue weighted by Crippen LogP contribution is -2.70. The van der Waals surface area contributed by atoms with Gasteiger partial charge in [0.05, 0.1) is 0 Å². The molecular weight excluding hydrogens is 646 g/mol. The van der Waals surface area contributed by atoms with Gasteiger partial charge in [-0.2, -0.15) is 57.1 Å². The number of hydrogen-bond acceptors (Lipinski definition) is 0. The smallest absolute Gasteiger partial charge is 0.200 e. The Bertz CT molecular complexity index is 743. The van der Waals surface area contributed by atoms with Crippen LogP contribution in [0.3, 0.4) is 0 Å². The van der Waals surface area contributed by atoms with Crippen molar-refractivity contribution in [2.75, 3.05) is 0 Å². The van der Waals surface area contributed by atoms with Crippen LogP contribution in [0.4, 0.5) is 57.1 Å². The van der Waals surface area contributed by atoms with E-state index >= 15 is 0 Å². The molecule has 0 aliphatic rings. The lowest BCUT2D eigenvalue weighted by molar-refractivity contribution is -0.440. The molecule has 0 aromatic heterocycles. The Balaban J connectivity index is 3.08. The van der Waals surface area contributed by atoms with Gasteiger partial charge in [0, 0.05) is 14.8 Å². The molecule has 0 N–H and O–H groups in total. The molecule has 1 atom stereocenters. The van der Waals surface area contributed by atoms with Crippen LogP contribution in [-0.4, -0.2) is 39.7 Å². The van der Waals surface area contributed by atoms with Gasteiger partial charge in [0.1, 0.15) is 0 Å². The first-order valence-corrected chi connectivity index (χ1v) is 10.00. The highest BCUT2D eigenvalue weighted by Gasteiger charge is 2.90. The first kappa shape index (κ1) is 28.6. The molecule has 0 amide bonds. The van der Waals surface area contributed by atoms with Crippen LogP contribution in [0.25, 0.3) is 0 Å². The van der Waals surface area contributed by atoms with Gasteiger partial charge in [0.2, 0.25) is 0 Å². The summed E-state index contributed by atoms with van der Waals surface area (Å²) in [6, 6.07) is 6.11. The van der Waals surface area contributed by atoms with Gasteiger partial charge in [0.25, 0.3) is 0 Å². The maximum atomic E-state index is 13.8. The highest BCUT2D eigenvalue weighted by atomic mass is 127. The molecular formula is C16H11BrF13I. The van der Waals surface area contributed by atoms with E-state index in [-0.39, 0.29) is 12.8 Å². The third-order valence-corrected chi connectivity index (χ3v) is 5.73. The molecule has 180 valence electrons. The molecule has 1 rings (SSSR count). The van der Waals surface area contributed by atoms with Crippen molar-refractivity contribution in [1.29, 1.82) is 0 Å². The number of halogens is 15. The highest BCUT2D eigenvalue weighted by molar-refractivity contribution is 14.1. The van der Waals surface area contributed by atoms with Crippen molar-refractivity contribution in [2.24, 2.45) is 0 Å². The van der Waals surface area contributed by atoms with Crippen molar-refractivity contribution in [1.82, 2.24) is 0 Å². The van der Waals surface area contributed by atoms with Crippen molar-refractivity contribution in [2.45, 2.75) is 59.0 Å². The van der Waals surface area contributed by atoms with E-state index in [0.29, 0.717) is 10.0 Å². The zero-order valence-corrected chi connectivity index (χ0v) is 18.4. The first-order chi connectivity index (χ1) is 13.6. The number of rotatable bonds is 9. The lowest BCUT2D eigenvalue weighted by atomic mass is 9.91. The van der Waals surface area contributed by atoms with Crippen molar-refractivity contribution in [3.63, 3.8) is 0 Å². The zero-order chi connectivity index (χ0) is 24.7. The van der Waals surface area contributed by atoms with Crippen LogP contribution in [0.1, 0.15) is 18.4 Å². The minimum Gasteiger partial charge on any atom is -0.200 e. The van der Waals surface area contributed by atoms with E-state index in [1.807, 2.05) is 0 Å². The summed E-state index contributed by atoms with van der Waals surface area (Å²) in [4.78, 5) is 0. The van der Waals surface area contributed by atoms with Crippen LogP contribution < -0.4 is 0 Å². The van der Waals surface area contributed by atoms with Crippen LogP contribution in [0, 0.1) is 0 Å². The van der Waals surface area contributed by atoms with Crippen molar-refractivity contribution in [3.8, 4) is 0 Å². The summed E-state index contributed by atoms with van der Waals surface area (Å²) in [5.41, 5.74) is 0.515. The molecule has 0 nitrogen and oxygen atoms in total. The maximum absolute atomic E-state index is 13.8. The molecule has 0 saturated heterocycles. The van der Waals surface area contributed by atoms with Gasteiger partial charge in [-0.3, -0.25) is 0 Å². The van der Waals surface area contributed by atoms with Crippen LogP contribution >= 0.6 is 38.5 Å². The minimum absolute atomic E-state index is 0.0266. The summed E-state index contributed by atoms with van der Waals surface area (Å²) >= 11 is 4.24. The number of hydrogen-bond donors (Lipinski definition) is 0. The molecule has 0 spiro atoms. The molecule has 0 bridgehead atoms. The van der Waals surface area contributed by atoms with Crippen LogP contribution in [0.15, 0.2) is 28.7 Å². The van der Waals surface area contributed by atoms with Gasteiger partial charge in [-0.15, -0.1) is 0 Å². The molecule has 0 aliphatic heterocycles. The van der Waals surface area contributed by atoms with Crippen molar-refractivity contribution < 1.29 is 57.1 Å². The average Bonchev–Trinajstić information content (AvgIpc) is 2.59. The van der Waals surface area contributed by atoms with E-state index in [0.717, 1.165) is 22.6 Å². The maximum Gasteiger partial charge on any atom is 0.460 e. The summed E-state index contributed by atoms with van der Waals surface area (Å²) in [5.74, 6) is -36.5. The molecule has 1 aromatic rings. The number of benzene rings is 1. The summed E-state index contributed by atoms with van der Waals surface area (Å²) in [5, 5.41) is 0. The quantitative estimate of drug-likeness (QED) is 0.143.